The van der Waals surface area contributed by atoms with E-state index in [0.717, 1.165) is 29.0 Å². The van der Waals surface area contributed by atoms with Crippen LogP contribution < -0.4 is 10.5 Å². The van der Waals surface area contributed by atoms with E-state index < -0.39 is 0 Å². The summed E-state index contributed by atoms with van der Waals surface area (Å²) >= 11 is 5.06. The van der Waals surface area contributed by atoms with E-state index in [1.54, 1.807) is 0 Å². The van der Waals surface area contributed by atoms with Crippen LogP contribution in [0.1, 0.15) is 18.3 Å². The summed E-state index contributed by atoms with van der Waals surface area (Å²) in [5, 5.41) is 0. The Balaban J connectivity index is 1.84. The van der Waals surface area contributed by atoms with Crippen molar-refractivity contribution in [2.75, 3.05) is 0 Å². The van der Waals surface area contributed by atoms with Gasteiger partial charge >= 0.3 is 0 Å². The molecule has 0 unspecified atom stereocenters. The molecule has 2 N–H and O–H groups in total. The van der Waals surface area contributed by atoms with Crippen molar-refractivity contribution in [2.45, 2.75) is 26.5 Å². The fourth-order valence-corrected chi connectivity index (χ4v) is 2.67. The number of rotatable bonds is 6. The smallest absolute Gasteiger partial charge is 0.148 e. The first kappa shape index (κ1) is 15.5. The van der Waals surface area contributed by atoms with E-state index in [1.165, 1.54) is 5.56 Å². The van der Waals surface area contributed by atoms with Crippen LogP contribution in [0.5, 0.6) is 5.75 Å². The molecule has 0 saturated carbocycles. The van der Waals surface area contributed by atoms with Crippen LogP contribution in [0.2, 0.25) is 0 Å². The van der Waals surface area contributed by atoms with E-state index in [0.29, 0.717) is 18.1 Å². The number of fused-ring (bicyclic) bond motifs is 1. The van der Waals surface area contributed by atoms with Gasteiger partial charge in [-0.3, -0.25) is 0 Å². The number of ether oxygens (including phenoxy) is 1. The van der Waals surface area contributed by atoms with Gasteiger partial charge in [-0.15, -0.1) is 0 Å². The minimum Gasteiger partial charge on any atom is -0.486 e. The van der Waals surface area contributed by atoms with Crippen molar-refractivity contribution in [3.63, 3.8) is 0 Å². The molecule has 0 aliphatic heterocycles. The Morgan fingerprint density at radius 3 is 2.61 bits per heavy atom. The van der Waals surface area contributed by atoms with Crippen molar-refractivity contribution in [3.05, 3.63) is 59.9 Å². The largest absolute Gasteiger partial charge is 0.486 e. The van der Waals surface area contributed by atoms with Crippen molar-refractivity contribution in [1.29, 1.82) is 0 Å². The third-order valence-electron chi connectivity index (χ3n) is 3.75. The number of benzene rings is 2. The SMILES string of the molecule is CCc1ccc(OCc2nc3ccccc3n2CC(N)=S)cc1. The molecule has 4 nitrogen and oxygen atoms in total. The molecule has 2 aromatic carbocycles. The van der Waals surface area contributed by atoms with Gasteiger partial charge in [-0.05, 0) is 36.2 Å². The molecular weight excluding hydrogens is 306 g/mol. The molecule has 118 valence electrons. The van der Waals surface area contributed by atoms with Crippen molar-refractivity contribution >= 4 is 28.2 Å². The van der Waals surface area contributed by atoms with E-state index in [-0.39, 0.29) is 0 Å². The first-order chi connectivity index (χ1) is 11.2. The number of thiocarbonyl (C=S) groups is 1. The molecule has 1 aromatic heterocycles. The molecule has 3 aromatic rings. The highest BCUT2D eigenvalue weighted by Crippen LogP contribution is 2.19. The van der Waals surface area contributed by atoms with Gasteiger partial charge in [0.15, 0.2) is 0 Å². The van der Waals surface area contributed by atoms with Gasteiger partial charge in [0.1, 0.15) is 18.2 Å². The molecule has 5 heteroatoms. The average Bonchev–Trinajstić information content (AvgIpc) is 2.91. The molecule has 23 heavy (non-hydrogen) atoms. The molecule has 0 aliphatic carbocycles. The van der Waals surface area contributed by atoms with Crippen LogP contribution >= 0.6 is 12.2 Å². The number of aryl methyl sites for hydroxylation is 1. The Morgan fingerprint density at radius 2 is 1.91 bits per heavy atom. The summed E-state index contributed by atoms with van der Waals surface area (Å²) in [4.78, 5) is 5.07. The maximum absolute atomic E-state index is 5.88. The van der Waals surface area contributed by atoms with Crippen LogP contribution in [-0.4, -0.2) is 14.5 Å². The summed E-state index contributed by atoms with van der Waals surface area (Å²) in [6.07, 6.45) is 1.02. The highest BCUT2D eigenvalue weighted by Gasteiger charge is 2.11. The molecule has 3 rings (SSSR count). The summed E-state index contributed by atoms with van der Waals surface area (Å²) in [5.74, 6) is 1.65. The third-order valence-corrected chi connectivity index (χ3v) is 3.88. The van der Waals surface area contributed by atoms with Crippen molar-refractivity contribution in [1.82, 2.24) is 9.55 Å². The van der Waals surface area contributed by atoms with Crippen molar-refractivity contribution in [2.24, 2.45) is 5.73 Å². The van der Waals surface area contributed by atoms with E-state index >= 15 is 0 Å². The monoisotopic (exact) mass is 325 g/mol. The lowest BCUT2D eigenvalue weighted by Gasteiger charge is -2.10. The average molecular weight is 325 g/mol. The minimum atomic E-state index is 0.378. The molecular formula is C18H19N3OS. The Morgan fingerprint density at radius 1 is 1.17 bits per heavy atom. The number of hydrogen-bond donors (Lipinski definition) is 1. The van der Waals surface area contributed by atoms with Crippen LogP contribution in [0.3, 0.4) is 0 Å². The van der Waals surface area contributed by atoms with Gasteiger partial charge in [0.25, 0.3) is 0 Å². The van der Waals surface area contributed by atoms with Gasteiger partial charge in [0, 0.05) is 0 Å². The fraction of sp³-hybridized carbons (Fsp3) is 0.222. The maximum atomic E-state index is 5.88. The quantitative estimate of drug-likeness (QED) is 0.705. The summed E-state index contributed by atoms with van der Waals surface area (Å²) < 4.78 is 7.89. The van der Waals surface area contributed by atoms with Gasteiger partial charge in [0.05, 0.1) is 22.6 Å². The molecule has 0 atom stereocenters. The lowest BCUT2D eigenvalue weighted by atomic mass is 10.2. The molecule has 1 heterocycles. The Bertz CT molecular complexity index is 824. The van der Waals surface area contributed by atoms with Gasteiger partial charge in [-0.1, -0.05) is 43.4 Å². The Labute approximate surface area is 140 Å². The normalized spacial score (nSPS) is 10.8. The molecule has 0 radical (unpaired) electrons. The van der Waals surface area contributed by atoms with E-state index in [2.05, 4.69) is 24.0 Å². The summed E-state index contributed by atoms with van der Waals surface area (Å²) in [5.41, 5.74) is 8.95. The zero-order chi connectivity index (χ0) is 16.2. The van der Waals surface area contributed by atoms with Gasteiger partial charge in [-0.2, -0.15) is 0 Å². The highest BCUT2D eigenvalue weighted by molar-refractivity contribution is 7.80. The van der Waals surface area contributed by atoms with Crippen LogP contribution in [0.25, 0.3) is 11.0 Å². The van der Waals surface area contributed by atoms with E-state index in [1.807, 2.05) is 41.0 Å². The second-order valence-corrected chi connectivity index (χ2v) is 5.88. The number of nitrogens with zero attached hydrogens (tertiary/aromatic N) is 2. The highest BCUT2D eigenvalue weighted by atomic mass is 32.1. The number of nitrogens with two attached hydrogens (primary N) is 1. The molecule has 0 amide bonds. The first-order valence-corrected chi connectivity index (χ1v) is 8.02. The summed E-state index contributed by atoms with van der Waals surface area (Å²) in [7, 11) is 0. The molecule has 0 saturated heterocycles. The van der Waals surface area contributed by atoms with Crippen LogP contribution in [0, 0.1) is 0 Å². The Hall–Kier alpha value is -2.40. The summed E-state index contributed by atoms with van der Waals surface area (Å²) in [6.45, 7) is 2.97. The van der Waals surface area contributed by atoms with Crippen LogP contribution in [0.15, 0.2) is 48.5 Å². The first-order valence-electron chi connectivity index (χ1n) is 7.61. The van der Waals surface area contributed by atoms with Crippen LogP contribution in [-0.2, 0) is 19.6 Å². The maximum Gasteiger partial charge on any atom is 0.148 e. The predicted octanol–water partition coefficient (Wildman–Crippen LogP) is 3.46. The van der Waals surface area contributed by atoms with Gasteiger partial charge in [0.2, 0.25) is 0 Å². The molecule has 0 fully saturated rings. The van der Waals surface area contributed by atoms with Crippen molar-refractivity contribution in [3.8, 4) is 5.75 Å². The third kappa shape index (κ3) is 3.51. The standard InChI is InChI=1S/C18H19N3OS/c1-2-13-7-9-14(10-8-13)22-12-18-20-15-5-3-4-6-16(15)21(18)11-17(19)23/h3-10H,2,11-12H2,1H3,(H2,19,23). The summed E-state index contributed by atoms with van der Waals surface area (Å²) in [6, 6.07) is 16.1. The van der Waals surface area contributed by atoms with E-state index in [4.69, 9.17) is 22.7 Å². The lowest BCUT2D eigenvalue weighted by Crippen LogP contribution is -2.19. The molecule has 0 spiro atoms. The number of aromatic nitrogens is 2. The van der Waals surface area contributed by atoms with E-state index in [9.17, 15) is 0 Å². The Kier molecular flexibility index (Phi) is 4.57. The zero-order valence-electron chi connectivity index (χ0n) is 13.0. The van der Waals surface area contributed by atoms with Gasteiger partial charge < -0.3 is 15.0 Å². The van der Waals surface area contributed by atoms with Gasteiger partial charge in [-0.25, -0.2) is 4.98 Å². The number of hydrogen-bond acceptors (Lipinski definition) is 3. The fourth-order valence-electron chi connectivity index (χ4n) is 2.54. The minimum absolute atomic E-state index is 0.378. The topological polar surface area (TPSA) is 53.1 Å². The number of imidazole rings is 1. The van der Waals surface area contributed by atoms with Crippen molar-refractivity contribution < 1.29 is 4.74 Å². The molecule has 0 bridgehead atoms. The zero-order valence-corrected chi connectivity index (χ0v) is 13.8. The lowest BCUT2D eigenvalue weighted by molar-refractivity contribution is 0.292. The predicted molar refractivity (Wildman–Crippen MR) is 96.7 cm³/mol. The number of para-hydroxylation sites is 2. The second kappa shape index (κ2) is 6.79. The molecule has 0 aliphatic rings. The van der Waals surface area contributed by atoms with Crippen LogP contribution in [0.4, 0.5) is 0 Å². The second-order valence-electron chi connectivity index (χ2n) is 5.36.